The standard InChI is InChI=1S/C17H27N3O/c1-5-6-11-19-16(18-4)20-14-12-17(2,3)21-15-10-8-7-9-13(14)15/h7-10,14H,5-6,11-12H2,1-4H3,(H2,18,19,20). The van der Waals surface area contributed by atoms with Crippen molar-refractivity contribution in [2.24, 2.45) is 4.99 Å². The van der Waals surface area contributed by atoms with Gasteiger partial charge in [-0.2, -0.15) is 0 Å². The smallest absolute Gasteiger partial charge is 0.191 e. The van der Waals surface area contributed by atoms with Crippen LogP contribution in [-0.4, -0.2) is 25.2 Å². The summed E-state index contributed by atoms with van der Waals surface area (Å²) in [5.41, 5.74) is 1.03. The normalized spacial score (nSPS) is 20.4. The highest BCUT2D eigenvalue weighted by Gasteiger charge is 2.33. The van der Waals surface area contributed by atoms with Crippen LogP contribution >= 0.6 is 0 Å². The molecule has 0 amide bonds. The van der Waals surface area contributed by atoms with Crippen LogP contribution in [0.1, 0.15) is 51.6 Å². The fraction of sp³-hybridized carbons (Fsp3) is 0.588. The first-order chi connectivity index (χ1) is 10.1. The predicted octanol–water partition coefficient (Wildman–Crippen LogP) is 3.25. The van der Waals surface area contributed by atoms with Crippen molar-refractivity contribution in [3.8, 4) is 5.75 Å². The van der Waals surface area contributed by atoms with Gasteiger partial charge in [0.05, 0.1) is 6.04 Å². The number of nitrogens with zero attached hydrogens (tertiary/aromatic N) is 1. The van der Waals surface area contributed by atoms with E-state index in [2.05, 4.69) is 48.5 Å². The maximum absolute atomic E-state index is 6.06. The summed E-state index contributed by atoms with van der Waals surface area (Å²) in [5.74, 6) is 1.83. The first kappa shape index (κ1) is 15.7. The molecule has 0 saturated heterocycles. The van der Waals surface area contributed by atoms with Crippen LogP contribution in [-0.2, 0) is 0 Å². The van der Waals surface area contributed by atoms with Gasteiger partial charge in [0, 0.05) is 25.6 Å². The summed E-state index contributed by atoms with van der Waals surface area (Å²) in [6.45, 7) is 7.40. The Morgan fingerprint density at radius 1 is 1.38 bits per heavy atom. The average Bonchev–Trinajstić information content (AvgIpc) is 2.45. The van der Waals surface area contributed by atoms with Crippen molar-refractivity contribution in [1.82, 2.24) is 10.6 Å². The Bertz CT molecular complexity index is 497. The lowest BCUT2D eigenvalue weighted by Gasteiger charge is -2.38. The van der Waals surface area contributed by atoms with Gasteiger partial charge < -0.3 is 15.4 Å². The molecule has 4 heteroatoms. The molecule has 21 heavy (non-hydrogen) atoms. The Balaban J connectivity index is 2.11. The minimum atomic E-state index is -0.172. The lowest BCUT2D eigenvalue weighted by Crippen LogP contribution is -2.45. The average molecular weight is 289 g/mol. The summed E-state index contributed by atoms with van der Waals surface area (Å²) < 4.78 is 6.06. The van der Waals surface area contributed by atoms with Gasteiger partial charge in [-0.15, -0.1) is 0 Å². The highest BCUT2D eigenvalue weighted by atomic mass is 16.5. The summed E-state index contributed by atoms with van der Waals surface area (Å²) in [6, 6.07) is 8.46. The van der Waals surface area contributed by atoms with E-state index in [1.807, 2.05) is 19.2 Å². The number of hydrogen-bond donors (Lipinski definition) is 2. The van der Waals surface area contributed by atoms with E-state index < -0.39 is 0 Å². The van der Waals surface area contributed by atoms with Gasteiger partial charge in [-0.3, -0.25) is 4.99 Å². The van der Waals surface area contributed by atoms with E-state index in [1.54, 1.807) is 0 Å². The maximum atomic E-state index is 6.06. The Hall–Kier alpha value is -1.71. The summed E-state index contributed by atoms with van der Waals surface area (Å²) in [5, 5.41) is 6.91. The Labute approximate surface area is 128 Å². The molecule has 116 valence electrons. The van der Waals surface area contributed by atoms with Gasteiger partial charge in [0.2, 0.25) is 0 Å². The Morgan fingerprint density at radius 2 is 2.14 bits per heavy atom. The Morgan fingerprint density at radius 3 is 2.86 bits per heavy atom. The van der Waals surface area contributed by atoms with E-state index in [0.29, 0.717) is 0 Å². The van der Waals surface area contributed by atoms with Crippen molar-refractivity contribution in [2.45, 2.75) is 51.7 Å². The molecule has 0 aliphatic carbocycles. The summed E-state index contributed by atoms with van der Waals surface area (Å²) >= 11 is 0. The van der Waals surface area contributed by atoms with Crippen LogP contribution in [0.25, 0.3) is 0 Å². The number of rotatable bonds is 4. The fourth-order valence-corrected chi connectivity index (χ4v) is 2.67. The summed E-state index contributed by atoms with van der Waals surface area (Å²) in [4.78, 5) is 4.33. The van der Waals surface area contributed by atoms with Gasteiger partial charge in [-0.1, -0.05) is 31.5 Å². The number of ether oxygens (including phenoxy) is 1. The lowest BCUT2D eigenvalue weighted by molar-refractivity contribution is 0.0694. The second-order valence-corrected chi connectivity index (χ2v) is 6.15. The molecular formula is C17H27N3O. The predicted molar refractivity (Wildman–Crippen MR) is 87.9 cm³/mol. The third-order valence-electron chi connectivity index (χ3n) is 3.73. The van der Waals surface area contributed by atoms with Gasteiger partial charge >= 0.3 is 0 Å². The number of para-hydroxylation sites is 1. The van der Waals surface area contributed by atoms with Crippen molar-refractivity contribution in [1.29, 1.82) is 0 Å². The highest BCUT2D eigenvalue weighted by Crippen LogP contribution is 2.39. The van der Waals surface area contributed by atoms with Crippen LogP contribution in [0, 0.1) is 0 Å². The zero-order valence-electron chi connectivity index (χ0n) is 13.6. The monoisotopic (exact) mass is 289 g/mol. The third kappa shape index (κ3) is 4.13. The number of nitrogens with one attached hydrogen (secondary N) is 2. The van der Waals surface area contributed by atoms with Gasteiger partial charge in [0.1, 0.15) is 11.4 Å². The van der Waals surface area contributed by atoms with Crippen molar-refractivity contribution in [3.05, 3.63) is 29.8 Å². The van der Waals surface area contributed by atoms with E-state index in [9.17, 15) is 0 Å². The van der Waals surface area contributed by atoms with Gasteiger partial charge in [-0.25, -0.2) is 0 Å². The van der Waals surface area contributed by atoms with Crippen LogP contribution < -0.4 is 15.4 Å². The molecule has 2 N–H and O–H groups in total. The number of benzene rings is 1. The van der Waals surface area contributed by atoms with E-state index >= 15 is 0 Å². The van der Waals surface area contributed by atoms with Crippen molar-refractivity contribution < 1.29 is 4.74 Å². The maximum Gasteiger partial charge on any atom is 0.191 e. The topological polar surface area (TPSA) is 45.7 Å². The van der Waals surface area contributed by atoms with E-state index in [1.165, 1.54) is 12.0 Å². The molecule has 1 aliphatic heterocycles. The van der Waals surface area contributed by atoms with Gasteiger partial charge in [-0.05, 0) is 26.3 Å². The largest absolute Gasteiger partial charge is 0.487 e. The molecule has 1 aliphatic rings. The molecule has 0 fully saturated rings. The molecule has 1 unspecified atom stereocenters. The van der Waals surface area contributed by atoms with Crippen molar-refractivity contribution >= 4 is 5.96 Å². The molecule has 1 atom stereocenters. The number of unbranched alkanes of at least 4 members (excludes halogenated alkanes) is 1. The molecule has 0 radical (unpaired) electrons. The number of hydrogen-bond acceptors (Lipinski definition) is 2. The number of aliphatic imine (C=N–C) groups is 1. The first-order valence-corrected chi connectivity index (χ1v) is 7.81. The molecule has 4 nitrogen and oxygen atoms in total. The molecule has 1 heterocycles. The molecular weight excluding hydrogens is 262 g/mol. The molecule has 1 aromatic rings. The molecule has 0 saturated carbocycles. The van der Waals surface area contributed by atoms with Crippen LogP contribution in [0.2, 0.25) is 0 Å². The van der Waals surface area contributed by atoms with Crippen LogP contribution in [0.5, 0.6) is 5.75 Å². The molecule has 0 spiro atoms. The lowest BCUT2D eigenvalue weighted by atomic mass is 9.90. The van der Waals surface area contributed by atoms with Gasteiger partial charge in [0.25, 0.3) is 0 Å². The second kappa shape index (κ2) is 6.83. The first-order valence-electron chi connectivity index (χ1n) is 7.81. The van der Waals surface area contributed by atoms with Crippen LogP contribution in [0.3, 0.4) is 0 Å². The van der Waals surface area contributed by atoms with E-state index in [0.717, 1.165) is 31.1 Å². The molecule has 1 aromatic carbocycles. The van der Waals surface area contributed by atoms with Gasteiger partial charge in [0.15, 0.2) is 5.96 Å². The summed E-state index contributed by atoms with van der Waals surface area (Å²) in [6.07, 6.45) is 3.24. The van der Waals surface area contributed by atoms with Crippen molar-refractivity contribution in [2.75, 3.05) is 13.6 Å². The second-order valence-electron chi connectivity index (χ2n) is 6.15. The molecule has 0 aromatic heterocycles. The summed E-state index contributed by atoms with van der Waals surface area (Å²) in [7, 11) is 1.82. The molecule has 2 rings (SSSR count). The van der Waals surface area contributed by atoms with Crippen LogP contribution in [0.4, 0.5) is 0 Å². The highest BCUT2D eigenvalue weighted by molar-refractivity contribution is 5.80. The van der Waals surface area contributed by atoms with E-state index in [4.69, 9.17) is 4.74 Å². The number of fused-ring (bicyclic) bond motifs is 1. The van der Waals surface area contributed by atoms with Crippen molar-refractivity contribution in [3.63, 3.8) is 0 Å². The minimum Gasteiger partial charge on any atom is -0.487 e. The number of guanidine groups is 1. The molecule has 0 bridgehead atoms. The van der Waals surface area contributed by atoms with E-state index in [-0.39, 0.29) is 11.6 Å². The zero-order chi connectivity index (χ0) is 15.3. The van der Waals surface area contributed by atoms with Crippen LogP contribution in [0.15, 0.2) is 29.3 Å². The Kier molecular flexibility index (Phi) is 5.10. The zero-order valence-corrected chi connectivity index (χ0v) is 13.6. The minimum absolute atomic E-state index is 0.172. The SMILES string of the molecule is CCCCNC(=NC)NC1CC(C)(C)Oc2ccccc21. The third-order valence-corrected chi connectivity index (χ3v) is 3.73. The quantitative estimate of drug-likeness (QED) is 0.508. The fourth-order valence-electron chi connectivity index (χ4n) is 2.67.